The van der Waals surface area contributed by atoms with Crippen LogP contribution in [0.1, 0.15) is 0 Å². The predicted molar refractivity (Wildman–Crippen MR) is 91.1 cm³/mol. The molecule has 0 aliphatic rings. The van der Waals surface area contributed by atoms with Crippen molar-refractivity contribution < 1.29 is 12.6 Å². The number of rotatable bonds is 5. The van der Waals surface area contributed by atoms with E-state index >= 15 is 0 Å². The number of imidazole rings is 1. The third kappa shape index (κ3) is 3.20. The lowest BCUT2D eigenvalue weighted by molar-refractivity contribution is 0.482. The van der Waals surface area contributed by atoms with Crippen molar-refractivity contribution in [3.05, 3.63) is 57.5 Å². The van der Waals surface area contributed by atoms with Gasteiger partial charge in [-0.1, -0.05) is 18.2 Å². The minimum absolute atomic E-state index is 0.0287. The highest BCUT2D eigenvalue weighted by atomic mass is 32.2. The van der Waals surface area contributed by atoms with Crippen molar-refractivity contribution in [1.82, 2.24) is 18.7 Å². The molecule has 3 rings (SSSR count). The van der Waals surface area contributed by atoms with E-state index in [0.29, 0.717) is 0 Å². The highest BCUT2D eigenvalue weighted by Gasteiger charge is 2.17. The lowest BCUT2D eigenvalue weighted by Crippen LogP contribution is -2.37. The Kier molecular flexibility index (Phi) is 4.21. The molecule has 2 aromatic heterocycles. The smallest absolute Gasteiger partial charge is 0.332 e. The van der Waals surface area contributed by atoms with Crippen molar-refractivity contribution in [3.8, 4) is 5.75 Å². The van der Waals surface area contributed by atoms with Gasteiger partial charge >= 0.3 is 15.8 Å². The molecule has 0 fully saturated rings. The Morgan fingerprint density at radius 2 is 1.76 bits per heavy atom. The molecule has 0 saturated carbocycles. The van der Waals surface area contributed by atoms with E-state index in [1.165, 1.54) is 41.7 Å². The third-order valence-electron chi connectivity index (χ3n) is 3.77. The fourth-order valence-corrected chi connectivity index (χ4v) is 3.35. The van der Waals surface area contributed by atoms with Crippen molar-refractivity contribution in [1.29, 1.82) is 0 Å². The Bertz CT molecular complexity index is 1140. The minimum Gasteiger partial charge on any atom is -0.382 e. The zero-order valence-corrected chi connectivity index (χ0v) is 14.4. The molecule has 0 N–H and O–H groups in total. The zero-order chi connectivity index (χ0) is 18.2. The maximum Gasteiger partial charge on any atom is 0.332 e. The monoisotopic (exact) mass is 364 g/mol. The predicted octanol–water partition coefficient (Wildman–Crippen LogP) is -0.158. The largest absolute Gasteiger partial charge is 0.382 e. The van der Waals surface area contributed by atoms with E-state index in [9.17, 15) is 18.0 Å². The number of hydrogen-bond donors (Lipinski definition) is 0. The Morgan fingerprint density at radius 1 is 1.08 bits per heavy atom. The number of aromatic nitrogens is 4. The van der Waals surface area contributed by atoms with Gasteiger partial charge in [0.15, 0.2) is 11.2 Å². The molecule has 0 amide bonds. The van der Waals surface area contributed by atoms with Gasteiger partial charge in [-0.25, -0.2) is 9.78 Å². The second kappa shape index (κ2) is 6.20. The summed E-state index contributed by atoms with van der Waals surface area (Å²) in [5.41, 5.74) is -0.659. The van der Waals surface area contributed by atoms with E-state index in [0.717, 1.165) is 4.57 Å². The fourth-order valence-electron chi connectivity index (χ4n) is 2.44. The van der Waals surface area contributed by atoms with Crippen LogP contribution in [-0.2, 0) is 30.8 Å². The number of benzene rings is 1. The number of aryl methyl sites for hydroxylation is 2. The molecule has 0 bridgehead atoms. The van der Waals surface area contributed by atoms with E-state index < -0.39 is 21.4 Å². The Labute approximate surface area is 142 Å². The SMILES string of the molecule is Cn1c(=O)c2c(ncn2CCS(=O)(=O)Oc2ccccc2)n(C)c1=O. The van der Waals surface area contributed by atoms with Gasteiger partial charge in [0.2, 0.25) is 0 Å². The first-order valence-corrected chi connectivity index (χ1v) is 8.96. The van der Waals surface area contributed by atoms with Crippen LogP contribution < -0.4 is 15.4 Å². The van der Waals surface area contributed by atoms with Gasteiger partial charge < -0.3 is 8.75 Å². The van der Waals surface area contributed by atoms with Gasteiger partial charge in [0, 0.05) is 20.6 Å². The molecule has 0 aliphatic carbocycles. The normalized spacial score (nSPS) is 11.8. The van der Waals surface area contributed by atoms with Crippen LogP contribution >= 0.6 is 0 Å². The van der Waals surface area contributed by atoms with Crippen molar-refractivity contribution in [2.75, 3.05) is 5.75 Å². The first kappa shape index (κ1) is 17.0. The molecule has 132 valence electrons. The van der Waals surface area contributed by atoms with Crippen LogP contribution in [0.3, 0.4) is 0 Å². The molecule has 0 spiro atoms. The maximum atomic E-state index is 12.3. The minimum atomic E-state index is -3.85. The summed E-state index contributed by atoms with van der Waals surface area (Å²) < 4.78 is 32.8. The lowest BCUT2D eigenvalue weighted by atomic mass is 10.3. The van der Waals surface area contributed by atoms with Crippen molar-refractivity contribution in [2.24, 2.45) is 14.1 Å². The van der Waals surface area contributed by atoms with Crippen LogP contribution in [0.15, 0.2) is 46.2 Å². The first-order valence-electron chi connectivity index (χ1n) is 7.38. The molecule has 0 radical (unpaired) electrons. The van der Waals surface area contributed by atoms with Crippen LogP contribution in [0.4, 0.5) is 0 Å². The average molecular weight is 364 g/mol. The summed E-state index contributed by atoms with van der Waals surface area (Å²) in [5, 5.41) is 0. The van der Waals surface area contributed by atoms with Crippen LogP contribution in [0.2, 0.25) is 0 Å². The van der Waals surface area contributed by atoms with Crippen LogP contribution in [-0.4, -0.2) is 32.9 Å². The number of fused-ring (bicyclic) bond motifs is 1. The van der Waals surface area contributed by atoms with Gasteiger partial charge in [-0.05, 0) is 12.1 Å². The summed E-state index contributed by atoms with van der Waals surface area (Å²) in [5.74, 6) is -0.129. The van der Waals surface area contributed by atoms with E-state index in [-0.39, 0.29) is 29.2 Å². The molecular formula is C15H16N4O5S. The summed E-state index contributed by atoms with van der Waals surface area (Å²) in [7, 11) is -0.992. The Hall–Kier alpha value is -2.88. The molecule has 2 heterocycles. The summed E-state index contributed by atoms with van der Waals surface area (Å²) in [6.45, 7) is -0.0287. The van der Waals surface area contributed by atoms with E-state index in [2.05, 4.69) is 4.98 Å². The second-order valence-corrected chi connectivity index (χ2v) is 7.16. The molecule has 9 nitrogen and oxygen atoms in total. The molecule has 1 aromatic carbocycles. The Morgan fingerprint density at radius 3 is 2.44 bits per heavy atom. The molecule has 0 saturated heterocycles. The van der Waals surface area contributed by atoms with E-state index in [4.69, 9.17) is 4.18 Å². The topological polar surface area (TPSA) is 105 Å². The van der Waals surface area contributed by atoms with Crippen LogP contribution in [0, 0.1) is 0 Å². The van der Waals surface area contributed by atoms with Crippen LogP contribution in [0.5, 0.6) is 5.75 Å². The molecule has 25 heavy (non-hydrogen) atoms. The van der Waals surface area contributed by atoms with Gasteiger partial charge in [-0.2, -0.15) is 8.42 Å². The average Bonchev–Trinajstić information content (AvgIpc) is 3.01. The van der Waals surface area contributed by atoms with Gasteiger partial charge in [-0.3, -0.25) is 13.9 Å². The molecule has 0 unspecified atom stereocenters. The lowest BCUT2D eigenvalue weighted by Gasteiger charge is -2.08. The van der Waals surface area contributed by atoms with Gasteiger partial charge in [0.05, 0.1) is 6.33 Å². The fraction of sp³-hybridized carbons (Fsp3) is 0.267. The molecule has 3 aromatic rings. The van der Waals surface area contributed by atoms with Gasteiger partial charge in [0.25, 0.3) is 5.56 Å². The van der Waals surface area contributed by atoms with Gasteiger partial charge in [-0.15, -0.1) is 0 Å². The molecule has 10 heteroatoms. The second-order valence-electron chi connectivity index (χ2n) is 5.47. The summed E-state index contributed by atoms with van der Waals surface area (Å²) >= 11 is 0. The number of nitrogens with zero attached hydrogens (tertiary/aromatic N) is 4. The molecular weight excluding hydrogens is 348 g/mol. The quantitative estimate of drug-likeness (QED) is 0.583. The summed E-state index contributed by atoms with van der Waals surface area (Å²) in [6, 6.07) is 8.15. The first-order chi connectivity index (χ1) is 11.8. The molecule has 0 aliphatic heterocycles. The third-order valence-corrected chi connectivity index (χ3v) is 4.89. The highest BCUT2D eigenvalue weighted by Crippen LogP contribution is 2.12. The van der Waals surface area contributed by atoms with E-state index in [1.807, 2.05) is 0 Å². The van der Waals surface area contributed by atoms with Crippen molar-refractivity contribution in [3.63, 3.8) is 0 Å². The molecule has 0 atom stereocenters. The zero-order valence-electron chi connectivity index (χ0n) is 13.6. The van der Waals surface area contributed by atoms with Crippen molar-refractivity contribution in [2.45, 2.75) is 6.54 Å². The van der Waals surface area contributed by atoms with Gasteiger partial charge in [0.1, 0.15) is 11.5 Å². The van der Waals surface area contributed by atoms with Crippen LogP contribution in [0.25, 0.3) is 11.2 Å². The standard InChI is InChI=1S/C15H16N4O5S/c1-17-13-12(14(20)18(2)15(17)21)19(10-16-13)8-9-25(22,23)24-11-6-4-3-5-7-11/h3-7,10H,8-9H2,1-2H3. The summed E-state index contributed by atoms with van der Waals surface area (Å²) in [4.78, 5) is 28.2. The number of para-hydroxylation sites is 1. The Balaban J connectivity index is 1.89. The maximum absolute atomic E-state index is 12.3. The van der Waals surface area contributed by atoms with E-state index in [1.54, 1.807) is 18.2 Å². The van der Waals surface area contributed by atoms with Crippen molar-refractivity contribution >= 4 is 21.3 Å². The summed E-state index contributed by atoms with van der Waals surface area (Å²) in [6.07, 6.45) is 1.34. The highest BCUT2D eigenvalue weighted by molar-refractivity contribution is 7.87. The number of hydrogen-bond acceptors (Lipinski definition) is 6.